The highest BCUT2D eigenvalue weighted by molar-refractivity contribution is 7.09. The number of halogens is 2. The van der Waals surface area contributed by atoms with Gasteiger partial charge in [0.2, 0.25) is 0 Å². The summed E-state index contributed by atoms with van der Waals surface area (Å²) in [6.45, 7) is 5.95. The van der Waals surface area contributed by atoms with Gasteiger partial charge in [0.25, 0.3) is 11.5 Å². The molecule has 0 spiro atoms. The van der Waals surface area contributed by atoms with Crippen molar-refractivity contribution in [2.45, 2.75) is 51.2 Å². The van der Waals surface area contributed by atoms with E-state index in [0.29, 0.717) is 30.5 Å². The first-order valence-electron chi connectivity index (χ1n) is 10.3. The fourth-order valence-electron chi connectivity index (χ4n) is 5.23. The number of fused-ring (bicyclic) bond motifs is 4. The Morgan fingerprint density at radius 3 is 2.79 bits per heavy atom. The van der Waals surface area contributed by atoms with Crippen molar-refractivity contribution in [1.29, 1.82) is 0 Å². The fourth-order valence-corrected chi connectivity index (χ4v) is 5.84. The van der Waals surface area contributed by atoms with Crippen LogP contribution in [0.5, 0.6) is 0 Å². The highest BCUT2D eigenvalue weighted by Crippen LogP contribution is 2.36. The number of piperidine rings is 1. The van der Waals surface area contributed by atoms with Crippen molar-refractivity contribution >= 4 is 11.3 Å². The van der Waals surface area contributed by atoms with Crippen molar-refractivity contribution in [1.82, 2.24) is 19.4 Å². The number of rotatable bonds is 4. The molecule has 3 aliphatic heterocycles. The van der Waals surface area contributed by atoms with E-state index in [1.165, 1.54) is 0 Å². The molecule has 0 amide bonds. The molecule has 0 N–H and O–H groups in total. The van der Waals surface area contributed by atoms with Crippen LogP contribution in [0.15, 0.2) is 22.3 Å². The lowest BCUT2D eigenvalue weighted by Crippen LogP contribution is -2.47. The van der Waals surface area contributed by atoms with Crippen LogP contribution in [0.25, 0.3) is 0 Å². The third-order valence-corrected chi connectivity index (χ3v) is 7.28. The molecule has 0 unspecified atom stereocenters. The quantitative estimate of drug-likeness (QED) is 0.762. The molecule has 0 aliphatic carbocycles. The summed E-state index contributed by atoms with van der Waals surface area (Å²) in [4.78, 5) is 21.8. The summed E-state index contributed by atoms with van der Waals surface area (Å²) in [5, 5.41) is 3.23. The van der Waals surface area contributed by atoms with E-state index >= 15 is 0 Å². The normalized spacial score (nSPS) is 26.6. The van der Waals surface area contributed by atoms with Gasteiger partial charge in [-0.05, 0) is 25.3 Å². The van der Waals surface area contributed by atoms with E-state index in [2.05, 4.69) is 21.3 Å². The average molecular weight is 421 g/mol. The molecule has 0 saturated carbocycles. The van der Waals surface area contributed by atoms with Gasteiger partial charge in [-0.1, -0.05) is 6.07 Å². The Labute approximate surface area is 173 Å². The fraction of sp³-hybridized carbons (Fsp3) is 0.619. The number of aromatic nitrogens is 2. The molecule has 2 fully saturated rings. The number of nitrogens with zero attached hydrogens (tertiary/aromatic N) is 4. The van der Waals surface area contributed by atoms with E-state index in [0.717, 1.165) is 49.0 Å². The predicted molar refractivity (Wildman–Crippen MR) is 109 cm³/mol. The van der Waals surface area contributed by atoms with Gasteiger partial charge in [-0.2, -0.15) is 0 Å². The van der Waals surface area contributed by atoms with E-state index < -0.39 is 5.92 Å². The zero-order valence-corrected chi connectivity index (χ0v) is 17.4. The number of pyridine rings is 1. The van der Waals surface area contributed by atoms with Gasteiger partial charge in [-0.25, -0.2) is 13.8 Å². The Hall–Kier alpha value is -1.64. The second kappa shape index (κ2) is 7.25. The maximum absolute atomic E-state index is 13.5. The molecule has 2 bridgehead atoms. The van der Waals surface area contributed by atoms with E-state index in [-0.39, 0.29) is 18.5 Å². The first-order valence-corrected chi connectivity index (χ1v) is 11.2. The summed E-state index contributed by atoms with van der Waals surface area (Å²) in [5.41, 5.74) is 2.88. The highest BCUT2D eigenvalue weighted by Gasteiger charge is 2.39. The predicted octanol–water partition coefficient (Wildman–Crippen LogP) is 3.07. The number of hydrogen-bond acceptors (Lipinski definition) is 5. The molecule has 2 saturated heterocycles. The molecular formula is C21H26F2N4OS. The number of alkyl halides is 2. The summed E-state index contributed by atoms with van der Waals surface area (Å²) in [5.74, 6) is -1.83. The zero-order chi connectivity index (χ0) is 20.2. The van der Waals surface area contributed by atoms with Gasteiger partial charge in [0.1, 0.15) is 0 Å². The van der Waals surface area contributed by atoms with Crippen LogP contribution in [0, 0.1) is 12.8 Å². The molecule has 3 aliphatic rings. The molecule has 0 aromatic carbocycles. The van der Waals surface area contributed by atoms with Gasteiger partial charge in [0.05, 0.1) is 17.2 Å². The summed E-state index contributed by atoms with van der Waals surface area (Å²) in [7, 11) is 0. The lowest BCUT2D eigenvalue weighted by atomic mass is 9.83. The summed E-state index contributed by atoms with van der Waals surface area (Å²) < 4.78 is 28.9. The maximum atomic E-state index is 13.5. The molecule has 2 aromatic heterocycles. The minimum absolute atomic E-state index is 0.0102. The van der Waals surface area contributed by atoms with Crippen LogP contribution in [0.4, 0.5) is 8.78 Å². The van der Waals surface area contributed by atoms with Gasteiger partial charge in [0, 0.05) is 68.2 Å². The van der Waals surface area contributed by atoms with Crippen molar-refractivity contribution in [3.05, 3.63) is 49.8 Å². The second-order valence-electron chi connectivity index (χ2n) is 8.87. The average Bonchev–Trinajstić information content (AvgIpc) is 3.22. The Bertz CT molecular complexity index is 972. The molecule has 0 radical (unpaired) electrons. The molecule has 5 heterocycles. The first-order chi connectivity index (χ1) is 13.9. The van der Waals surface area contributed by atoms with Gasteiger partial charge >= 0.3 is 0 Å². The molecular weight excluding hydrogens is 394 g/mol. The van der Waals surface area contributed by atoms with Crippen LogP contribution >= 0.6 is 11.3 Å². The minimum Gasteiger partial charge on any atom is -0.312 e. The Kier molecular flexibility index (Phi) is 4.83. The Morgan fingerprint density at radius 1 is 1.21 bits per heavy atom. The summed E-state index contributed by atoms with van der Waals surface area (Å²) >= 11 is 1.69. The van der Waals surface area contributed by atoms with Crippen LogP contribution in [0.3, 0.4) is 0 Å². The zero-order valence-electron chi connectivity index (χ0n) is 16.6. The molecule has 5 nitrogen and oxygen atoms in total. The smallest absolute Gasteiger partial charge is 0.261 e. The van der Waals surface area contributed by atoms with Crippen molar-refractivity contribution in [2.75, 3.05) is 26.2 Å². The topological polar surface area (TPSA) is 41.4 Å². The van der Waals surface area contributed by atoms with Crippen LogP contribution in [-0.2, 0) is 19.6 Å². The van der Waals surface area contributed by atoms with Crippen LogP contribution in [-0.4, -0.2) is 51.5 Å². The maximum Gasteiger partial charge on any atom is 0.261 e. The molecule has 8 heteroatoms. The third-order valence-electron chi connectivity index (χ3n) is 6.45. The first kappa shape index (κ1) is 19.3. The summed E-state index contributed by atoms with van der Waals surface area (Å²) in [6.07, 6.45) is 1.00. The number of aryl methyl sites for hydroxylation is 1. The monoisotopic (exact) mass is 420 g/mol. The molecule has 2 aromatic rings. The molecule has 156 valence electrons. The molecule has 29 heavy (non-hydrogen) atoms. The Balaban J connectivity index is 1.33. The van der Waals surface area contributed by atoms with Crippen molar-refractivity contribution in [2.24, 2.45) is 5.92 Å². The SMILES string of the molecule is Cc1nc(CN2C[C@@H]3C[C@H](C2)c2ccc(CN4CCC(F)(F)C4)c(=O)n2C3)cs1. The standard InChI is InChI=1S/C21H26F2N4OS/c1-14-24-18(12-29-14)11-26-7-15-6-17(10-26)19-3-2-16(20(28)27(19)8-15)9-25-5-4-21(22,23)13-25/h2-3,12,15,17H,4-11,13H2,1H3/t15-,17+/m0/s1. The van der Waals surface area contributed by atoms with Crippen molar-refractivity contribution < 1.29 is 8.78 Å². The number of likely N-dealkylation sites (tertiary alicyclic amines) is 2. The van der Waals surface area contributed by atoms with E-state index in [9.17, 15) is 13.6 Å². The molecule has 5 rings (SSSR count). The minimum atomic E-state index is -2.62. The van der Waals surface area contributed by atoms with Crippen molar-refractivity contribution in [3.63, 3.8) is 0 Å². The lowest BCUT2D eigenvalue weighted by molar-refractivity contribution is 0.0114. The van der Waals surface area contributed by atoms with Crippen LogP contribution < -0.4 is 5.56 Å². The van der Waals surface area contributed by atoms with E-state index in [4.69, 9.17) is 0 Å². The number of thiazole rings is 1. The largest absolute Gasteiger partial charge is 0.312 e. The van der Waals surface area contributed by atoms with Gasteiger partial charge in [0.15, 0.2) is 0 Å². The van der Waals surface area contributed by atoms with E-state index in [1.54, 1.807) is 16.2 Å². The highest BCUT2D eigenvalue weighted by atomic mass is 32.1. The second-order valence-corrected chi connectivity index (χ2v) is 9.93. The van der Waals surface area contributed by atoms with Crippen LogP contribution in [0.2, 0.25) is 0 Å². The van der Waals surface area contributed by atoms with E-state index in [1.807, 2.05) is 17.6 Å². The van der Waals surface area contributed by atoms with Gasteiger partial charge in [-0.3, -0.25) is 14.6 Å². The van der Waals surface area contributed by atoms with Gasteiger partial charge < -0.3 is 4.57 Å². The van der Waals surface area contributed by atoms with Crippen molar-refractivity contribution in [3.8, 4) is 0 Å². The lowest BCUT2D eigenvalue weighted by Gasteiger charge is -2.42. The van der Waals surface area contributed by atoms with Crippen LogP contribution in [0.1, 0.15) is 40.7 Å². The summed E-state index contributed by atoms with van der Waals surface area (Å²) in [6, 6.07) is 3.93. The van der Waals surface area contributed by atoms with Gasteiger partial charge in [-0.15, -0.1) is 11.3 Å². The Morgan fingerprint density at radius 2 is 2.07 bits per heavy atom. The number of hydrogen-bond donors (Lipinski definition) is 0. The molecule has 2 atom stereocenters. The third kappa shape index (κ3) is 3.90.